The van der Waals surface area contributed by atoms with Crippen molar-refractivity contribution in [1.29, 1.82) is 0 Å². The number of carbonyl (C=O) groups excluding carboxylic acids is 1. The van der Waals surface area contributed by atoms with Crippen LogP contribution in [-0.4, -0.2) is 20.9 Å². The third kappa shape index (κ3) is 4.10. The Labute approximate surface area is 193 Å². The number of anilines is 1. The minimum atomic E-state index is -3.72. The summed E-state index contributed by atoms with van der Waals surface area (Å²) < 4.78 is 33.5. The predicted octanol–water partition coefficient (Wildman–Crippen LogP) is 5.34. The van der Waals surface area contributed by atoms with Gasteiger partial charge in [-0.3, -0.25) is 4.31 Å². The lowest BCUT2D eigenvalue weighted by molar-refractivity contribution is 0.0474. The molecule has 0 bridgehead atoms. The molecule has 0 unspecified atom stereocenters. The van der Waals surface area contributed by atoms with E-state index in [1.807, 2.05) is 66.7 Å². The maximum atomic E-state index is 13.3. The fourth-order valence-corrected chi connectivity index (χ4v) is 5.82. The third-order valence-electron chi connectivity index (χ3n) is 5.98. The molecular formula is C27H23NO4S. The zero-order valence-corrected chi connectivity index (χ0v) is 18.8. The van der Waals surface area contributed by atoms with Crippen molar-refractivity contribution in [1.82, 2.24) is 0 Å². The van der Waals surface area contributed by atoms with E-state index in [0.717, 1.165) is 40.4 Å². The number of aryl methyl sites for hydroxylation is 1. The number of nitrogens with zero attached hydrogens (tertiary/aromatic N) is 1. The van der Waals surface area contributed by atoms with Crippen molar-refractivity contribution in [2.45, 2.75) is 24.3 Å². The Bertz CT molecular complexity index is 1420. The maximum Gasteiger partial charge on any atom is 0.338 e. The highest BCUT2D eigenvalue weighted by atomic mass is 32.2. The van der Waals surface area contributed by atoms with Crippen LogP contribution < -0.4 is 4.31 Å². The van der Waals surface area contributed by atoms with E-state index in [1.54, 1.807) is 0 Å². The molecule has 4 aromatic rings. The second-order valence-electron chi connectivity index (χ2n) is 8.05. The van der Waals surface area contributed by atoms with Gasteiger partial charge in [0.1, 0.15) is 6.61 Å². The Balaban J connectivity index is 1.33. The first-order chi connectivity index (χ1) is 16.0. The average Bonchev–Trinajstić information content (AvgIpc) is 2.87. The van der Waals surface area contributed by atoms with Gasteiger partial charge in [0.25, 0.3) is 10.0 Å². The number of esters is 1. The lowest BCUT2D eigenvalue weighted by Crippen LogP contribution is -2.35. The van der Waals surface area contributed by atoms with E-state index in [-0.39, 0.29) is 11.5 Å². The molecule has 0 saturated heterocycles. The van der Waals surface area contributed by atoms with Gasteiger partial charge in [-0.05, 0) is 65.1 Å². The Hall–Kier alpha value is -3.64. The highest BCUT2D eigenvalue weighted by Crippen LogP contribution is 2.31. The van der Waals surface area contributed by atoms with E-state index in [9.17, 15) is 13.2 Å². The lowest BCUT2D eigenvalue weighted by atomic mass is 10.0. The molecule has 5 rings (SSSR count). The fourth-order valence-electron chi connectivity index (χ4n) is 4.28. The van der Waals surface area contributed by atoms with Crippen molar-refractivity contribution < 1.29 is 17.9 Å². The molecule has 0 amide bonds. The van der Waals surface area contributed by atoms with E-state index in [1.165, 1.54) is 28.6 Å². The predicted molar refractivity (Wildman–Crippen MR) is 129 cm³/mol. The van der Waals surface area contributed by atoms with Crippen LogP contribution in [0.25, 0.3) is 10.8 Å². The molecule has 0 atom stereocenters. The van der Waals surface area contributed by atoms with Crippen LogP contribution in [0.1, 0.15) is 27.9 Å². The monoisotopic (exact) mass is 457 g/mol. The Kier molecular flexibility index (Phi) is 5.60. The Morgan fingerprint density at radius 2 is 1.58 bits per heavy atom. The van der Waals surface area contributed by atoms with Crippen LogP contribution in [0, 0.1) is 0 Å². The van der Waals surface area contributed by atoms with Gasteiger partial charge in [0.05, 0.1) is 16.1 Å². The molecule has 33 heavy (non-hydrogen) atoms. The van der Waals surface area contributed by atoms with Crippen LogP contribution >= 0.6 is 0 Å². The number of carbonyl (C=O) groups is 1. The number of benzene rings is 4. The largest absolute Gasteiger partial charge is 0.457 e. The van der Waals surface area contributed by atoms with Crippen molar-refractivity contribution in [2.75, 3.05) is 10.8 Å². The van der Waals surface area contributed by atoms with Crippen molar-refractivity contribution >= 4 is 32.5 Å². The van der Waals surface area contributed by atoms with Gasteiger partial charge in [-0.25, -0.2) is 13.2 Å². The minimum absolute atomic E-state index is 0.144. The maximum absolute atomic E-state index is 13.3. The first-order valence-electron chi connectivity index (χ1n) is 10.9. The lowest BCUT2D eigenvalue weighted by Gasteiger charge is -2.30. The van der Waals surface area contributed by atoms with Crippen LogP contribution in [0.15, 0.2) is 95.9 Å². The number of fused-ring (bicyclic) bond motifs is 2. The summed E-state index contributed by atoms with van der Waals surface area (Å²) in [5.41, 5.74) is 2.99. The molecule has 4 aromatic carbocycles. The molecule has 0 spiro atoms. The summed E-state index contributed by atoms with van der Waals surface area (Å²) in [5, 5.41) is 2.12. The quantitative estimate of drug-likeness (QED) is 0.380. The van der Waals surface area contributed by atoms with Gasteiger partial charge in [-0.1, -0.05) is 60.7 Å². The third-order valence-corrected chi connectivity index (χ3v) is 7.81. The van der Waals surface area contributed by atoms with Crippen LogP contribution in [0.4, 0.5) is 5.69 Å². The standard InChI is InChI=1S/C27H23NO4S/c29-27(32-19-23-10-5-9-20-7-1-3-12-25(20)23)22-14-16-24(17-15-22)33(30,31)28-18-6-11-21-8-2-4-13-26(21)28/h1-5,7-10,12-17H,6,11,18-19H2. The van der Waals surface area contributed by atoms with Crippen molar-refractivity contribution in [3.63, 3.8) is 0 Å². The highest BCUT2D eigenvalue weighted by Gasteiger charge is 2.29. The number of hydrogen-bond acceptors (Lipinski definition) is 4. The highest BCUT2D eigenvalue weighted by molar-refractivity contribution is 7.92. The van der Waals surface area contributed by atoms with Crippen LogP contribution in [0.5, 0.6) is 0 Å². The fraction of sp³-hybridized carbons (Fsp3) is 0.148. The summed E-state index contributed by atoms with van der Waals surface area (Å²) in [6.45, 7) is 0.582. The number of ether oxygens (including phenoxy) is 1. The summed E-state index contributed by atoms with van der Waals surface area (Å²) >= 11 is 0. The molecule has 1 aliphatic rings. The van der Waals surface area contributed by atoms with E-state index in [0.29, 0.717) is 12.1 Å². The Morgan fingerprint density at radius 1 is 0.848 bits per heavy atom. The van der Waals surface area contributed by atoms with Gasteiger partial charge in [0.15, 0.2) is 0 Å². The van der Waals surface area contributed by atoms with Crippen LogP contribution in [-0.2, 0) is 27.8 Å². The van der Waals surface area contributed by atoms with Crippen molar-refractivity contribution in [2.24, 2.45) is 0 Å². The molecule has 1 heterocycles. The zero-order chi connectivity index (χ0) is 22.8. The van der Waals surface area contributed by atoms with Gasteiger partial charge in [-0.15, -0.1) is 0 Å². The number of sulfonamides is 1. The Morgan fingerprint density at radius 3 is 2.42 bits per heavy atom. The van der Waals surface area contributed by atoms with Crippen molar-refractivity contribution in [3.8, 4) is 0 Å². The molecule has 1 aliphatic heterocycles. The number of para-hydroxylation sites is 1. The van der Waals surface area contributed by atoms with E-state index in [4.69, 9.17) is 4.74 Å². The van der Waals surface area contributed by atoms with Gasteiger partial charge >= 0.3 is 5.97 Å². The smallest absolute Gasteiger partial charge is 0.338 e. The molecule has 0 N–H and O–H groups in total. The van der Waals surface area contributed by atoms with Crippen molar-refractivity contribution in [3.05, 3.63) is 108 Å². The zero-order valence-electron chi connectivity index (χ0n) is 18.0. The molecule has 0 saturated carbocycles. The molecule has 0 radical (unpaired) electrons. The molecule has 6 heteroatoms. The average molecular weight is 458 g/mol. The molecule has 166 valence electrons. The first-order valence-corrected chi connectivity index (χ1v) is 12.3. The number of rotatable bonds is 5. The summed E-state index contributed by atoms with van der Waals surface area (Å²) in [6, 6.07) is 27.4. The van der Waals surface area contributed by atoms with Crippen LogP contribution in [0.3, 0.4) is 0 Å². The summed E-state index contributed by atoms with van der Waals surface area (Å²) in [7, 11) is -3.72. The summed E-state index contributed by atoms with van der Waals surface area (Å²) in [4.78, 5) is 12.8. The molecule has 5 nitrogen and oxygen atoms in total. The van der Waals surface area contributed by atoms with Gasteiger partial charge in [0.2, 0.25) is 0 Å². The van der Waals surface area contributed by atoms with E-state index >= 15 is 0 Å². The molecular weight excluding hydrogens is 434 g/mol. The SMILES string of the molecule is O=C(OCc1cccc2ccccc12)c1ccc(S(=O)(=O)N2CCCc3ccccc32)cc1. The molecule has 0 fully saturated rings. The van der Waals surface area contributed by atoms with Crippen LogP contribution in [0.2, 0.25) is 0 Å². The topological polar surface area (TPSA) is 63.7 Å². The molecule has 0 aliphatic carbocycles. The minimum Gasteiger partial charge on any atom is -0.457 e. The van der Waals surface area contributed by atoms with Gasteiger partial charge in [0, 0.05) is 6.54 Å². The van der Waals surface area contributed by atoms with Gasteiger partial charge < -0.3 is 4.74 Å². The summed E-state index contributed by atoms with van der Waals surface area (Å²) in [5.74, 6) is -0.491. The van der Waals surface area contributed by atoms with E-state index in [2.05, 4.69) is 0 Å². The first kappa shape index (κ1) is 21.2. The van der Waals surface area contributed by atoms with E-state index < -0.39 is 16.0 Å². The number of hydrogen-bond donors (Lipinski definition) is 0. The molecule has 0 aromatic heterocycles. The second kappa shape index (κ2) is 8.71. The summed E-state index contributed by atoms with van der Waals surface area (Å²) in [6.07, 6.45) is 1.64. The second-order valence-corrected chi connectivity index (χ2v) is 9.91. The van der Waals surface area contributed by atoms with Gasteiger partial charge in [-0.2, -0.15) is 0 Å². The normalized spacial score (nSPS) is 13.5.